The van der Waals surface area contributed by atoms with Gasteiger partial charge in [0, 0.05) is 6.20 Å². The van der Waals surface area contributed by atoms with Crippen LogP contribution in [0.1, 0.15) is 24.3 Å². The Morgan fingerprint density at radius 3 is 2.83 bits per heavy atom. The summed E-state index contributed by atoms with van der Waals surface area (Å²) in [7, 11) is 0. The number of pyridine rings is 1. The zero-order valence-electron chi connectivity index (χ0n) is 10.2. The Kier molecular flexibility index (Phi) is 3.79. The summed E-state index contributed by atoms with van der Waals surface area (Å²) in [5, 5.41) is 10.2. The Labute approximate surface area is 106 Å². The van der Waals surface area contributed by atoms with Crippen LogP contribution in [-0.4, -0.2) is 16.7 Å². The maximum atomic E-state index is 10.2. The first kappa shape index (κ1) is 12.4. The molecule has 0 bridgehead atoms. The predicted molar refractivity (Wildman–Crippen MR) is 70.3 cm³/mol. The molecule has 3 N–H and O–H groups in total. The molecule has 18 heavy (non-hydrogen) atoms. The Hall–Kier alpha value is -2.07. The topological polar surface area (TPSA) is 68.4 Å². The van der Waals surface area contributed by atoms with Gasteiger partial charge in [0.2, 0.25) is 0 Å². The Morgan fingerprint density at radius 2 is 2.17 bits per heavy atom. The lowest BCUT2D eigenvalue weighted by Gasteiger charge is -2.13. The standard InChI is InChI=1S/C14H16N2O2/c1-2-18-13-9-10(6-7-11(13)15)14(17)12-5-3-4-8-16-12/h3-9,14,17H,2,15H2,1H3. The molecule has 1 aromatic heterocycles. The number of nitrogens with two attached hydrogens (primary N) is 1. The lowest BCUT2D eigenvalue weighted by Crippen LogP contribution is -2.04. The van der Waals surface area contributed by atoms with Crippen LogP contribution in [0.15, 0.2) is 42.6 Å². The van der Waals surface area contributed by atoms with E-state index in [2.05, 4.69) is 4.98 Å². The molecule has 0 amide bonds. The number of aliphatic hydroxyl groups is 1. The van der Waals surface area contributed by atoms with Crippen LogP contribution in [0.25, 0.3) is 0 Å². The van der Waals surface area contributed by atoms with Crippen LogP contribution in [0.5, 0.6) is 5.75 Å². The Morgan fingerprint density at radius 1 is 1.33 bits per heavy atom. The molecule has 4 nitrogen and oxygen atoms in total. The third-order valence-electron chi connectivity index (χ3n) is 2.62. The highest BCUT2D eigenvalue weighted by molar-refractivity contribution is 5.54. The molecule has 0 saturated heterocycles. The molecule has 0 spiro atoms. The van der Waals surface area contributed by atoms with E-state index in [-0.39, 0.29) is 0 Å². The van der Waals surface area contributed by atoms with Crippen molar-refractivity contribution in [3.05, 3.63) is 53.9 Å². The summed E-state index contributed by atoms with van der Waals surface area (Å²) in [4.78, 5) is 4.13. The minimum absolute atomic E-state index is 0.535. The number of hydrogen-bond acceptors (Lipinski definition) is 4. The molecule has 0 aliphatic rings. The SMILES string of the molecule is CCOc1cc(C(O)c2ccccn2)ccc1N. The zero-order valence-corrected chi connectivity index (χ0v) is 10.2. The van der Waals surface area contributed by atoms with Crippen molar-refractivity contribution in [3.63, 3.8) is 0 Å². The second kappa shape index (κ2) is 5.51. The van der Waals surface area contributed by atoms with Crippen molar-refractivity contribution >= 4 is 5.69 Å². The van der Waals surface area contributed by atoms with Crippen LogP contribution in [0.2, 0.25) is 0 Å². The molecular weight excluding hydrogens is 228 g/mol. The number of ether oxygens (including phenoxy) is 1. The highest BCUT2D eigenvalue weighted by Gasteiger charge is 2.13. The molecular formula is C14H16N2O2. The molecule has 2 aromatic rings. The summed E-state index contributed by atoms with van der Waals surface area (Å²) in [6, 6.07) is 10.7. The fourth-order valence-electron chi connectivity index (χ4n) is 1.71. The number of anilines is 1. The second-order valence-corrected chi connectivity index (χ2v) is 3.89. The van der Waals surface area contributed by atoms with Crippen LogP contribution >= 0.6 is 0 Å². The molecule has 1 heterocycles. The maximum Gasteiger partial charge on any atom is 0.142 e. The van der Waals surface area contributed by atoms with Crippen LogP contribution in [-0.2, 0) is 0 Å². The lowest BCUT2D eigenvalue weighted by atomic mass is 10.1. The molecule has 0 radical (unpaired) electrons. The van der Waals surface area contributed by atoms with Gasteiger partial charge in [0.15, 0.2) is 0 Å². The summed E-state index contributed by atoms with van der Waals surface area (Å²) < 4.78 is 5.41. The van der Waals surface area contributed by atoms with Crippen molar-refractivity contribution in [3.8, 4) is 5.75 Å². The monoisotopic (exact) mass is 244 g/mol. The number of rotatable bonds is 4. The van der Waals surface area contributed by atoms with Gasteiger partial charge >= 0.3 is 0 Å². The number of aliphatic hydroxyl groups excluding tert-OH is 1. The van der Waals surface area contributed by atoms with Crippen LogP contribution in [0.3, 0.4) is 0 Å². The van der Waals surface area contributed by atoms with E-state index in [4.69, 9.17) is 10.5 Å². The van der Waals surface area contributed by atoms with E-state index in [0.717, 1.165) is 0 Å². The number of benzene rings is 1. The van der Waals surface area contributed by atoms with Gasteiger partial charge in [-0.1, -0.05) is 12.1 Å². The van der Waals surface area contributed by atoms with E-state index in [1.54, 1.807) is 30.5 Å². The molecule has 1 atom stereocenters. The number of hydrogen-bond donors (Lipinski definition) is 2. The molecule has 2 rings (SSSR count). The summed E-state index contributed by atoms with van der Waals surface area (Å²) >= 11 is 0. The van der Waals surface area contributed by atoms with Crippen molar-refractivity contribution in [2.24, 2.45) is 0 Å². The summed E-state index contributed by atoms with van der Waals surface area (Å²) in [5.41, 5.74) is 7.67. The highest BCUT2D eigenvalue weighted by atomic mass is 16.5. The molecule has 0 aliphatic carbocycles. The van der Waals surface area contributed by atoms with Crippen molar-refractivity contribution in [1.29, 1.82) is 0 Å². The minimum atomic E-state index is -0.772. The van der Waals surface area contributed by atoms with Crippen molar-refractivity contribution in [2.75, 3.05) is 12.3 Å². The van der Waals surface area contributed by atoms with E-state index in [0.29, 0.717) is 29.3 Å². The summed E-state index contributed by atoms with van der Waals surface area (Å²) in [6.45, 7) is 2.43. The molecule has 94 valence electrons. The third kappa shape index (κ3) is 2.60. The van der Waals surface area contributed by atoms with Gasteiger partial charge in [-0.15, -0.1) is 0 Å². The largest absolute Gasteiger partial charge is 0.492 e. The normalized spacial score (nSPS) is 12.1. The van der Waals surface area contributed by atoms with E-state index in [9.17, 15) is 5.11 Å². The van der Waals surface area contributed by atoms with Crippen LogP contribution < -0.4 is 10.5 Å². The summed E-state index contributed by atoms with van der Waals surface area (Å²) in [6.07, 6.45) is 0.880. The Balaban J connectivity index is 2.31. The smallest absolute Gasteiger partial charge is 0.142 e. The predicted octanol–water partition coefficient (Wildman–Crippen LogP) is 2.14. The van der Waals surface area contributed by atoms with E-state index < -0.39 is 6.10 Å². The molecule has 1 unspecified atom stereocenters. The van der Waals surface area contributed by atoms with E-state index >= 15 is 0 Å². The van der Waals surface area contributed by atoms with Gasteiger partial charge in [0.1, 0.15) is 11.9 Å². The highest BCUT2D eigenvalue weighted by Crippen LogP contribution is 2.28. The first-order valence-electron chi connectivity index (χ1n) is 5.83. The Bertz CT molecular complexity index is 514. The number of nitrogens with zero attached hydrogens (tertiary/aromatic N) is 1. The van der Waals surface area contributed by atoms with Gasteiger partial charge in [-0.25, -0.2) is 0 Å². The second-order valence-electron chi connectivity index (χ2n) is 3.89. The average molecular weight is 244 g/mol. The number of aromatic nitrogens is 1. The van der Waals surface area contributed by atoms with E-state index in [1.165, 1.54) is 0 Å². The van der Waals surface area contributed by atoms with Gasteiger partial charge in [-0.3, -0.25) is 4.98 Å². The van der Waals surface area contributed by atoms with E-state index in [1.807, 2.05) is 19.1 Å². The lowest BCUT2D eigenvalue weighted by molar-refractivity contribution is 0.214. The van der Waals surface area contributed by atoms with Crippen molar-refractivity contribution < 1.29 is 9.84 Å². The van der Waals surface area contributed by atoms with Crippen molar-refractivity contribution in [2.45, 2.75) is 13.0 Å². The zero-order chi connectivity index (χ0) is 13.0. The molecule has 0 fully saturated rings. The fraction of sp³-hybridized carbons (Fsp3) is 0.214. The van der Waals surface area contributed by atoms with Crippen LogP contribution in [0.4, 0.5) is 5.69 Å². The number of nitrogen functional groups attached to an aromatic ring is 1. The first-order chi connectivity index (χ1) is 8.72. The van der Waals surface area contributed by atoms with Crippen LogP contribution in [0, 0.1) is 0 Å². The minimum Gasteiger partial charge on any atom is -0.492 e. The van der Waals surface area contributed by atoms with Gasteiger partial charge < -0.3 is 15.6 Å². The van der Waals surface area contributed by atoms with Gasteiger partial charge in [-0.05, 0) is 36.8 Å². The third-order valence-corrected chi connectivity index (χ3v) is 2.62. The van der Waals surface area contributed by atoms with Crippen molar-refractivity contribution in [1.82, 2.24) is 4.98 Å². The first-order valence-corrected chi connectivity index (χ1v) is 5.83. The maximum absolute atomic E-state index is 10.2. The molecule has 0 aliphatic heterocycles. The molecule has 0 saturated carbocycles. The quantitative estimate of drug-likeness (QED) is 0.808. The summed E-state index contributed by atoms with van der Waals surface area (Å²) in [5.74, 6) is 0.588. The fourth-order valence-corrected chi connectivity index (χ4v) is 1.71. The van der Waals surface area contributed by atoms with Gasteiger partial charge in [0.05, 0.1) is 18.0 Å². The molecule has 4 heteroatoms. The molecule has 1 aromatic carbocycles. The van der Waals surface area contributed by atoms with Gasteiger partial charge in [0.25, 0.3) is 0 Å². The van der Waals surface area contributed by atoms with Gasteiger partial charge in [-0.2, -0.15) is 0 Å². The average Bonchev–Trinajstić information content (AvgIpc) is 2.42.